The maximum absolute atomic E-state index is 12.2. The molecule has 0 aromatic carbocycles. The molecular formula is C11H21N3O2. The third kappa shape index (κ3) is 2.01. The standard InChI is InChI=1S/C11H21N3O2/c1-8(2)13-10(15)14-9-4-12-6-11(14,3)7-16-5-9/h8-9,12H,4-7H2,1-3H3,(H,13,15). The van der Waals surface area contributed by atoms with Gasteiger partial charge in [0.05, 0.1) is 24.8 Å². The van der Waals surface area contributed by atoms with Gasteiger partial charge in [-0.1, -0.05) is 0 Å². The lowest BCUT2D eigenvalue weighted by atomic mass is 9.93. The molecule has 2 unspecified atom stereocenters. The molecule has 0 spiro atoms. The molecule has 2 amide bonds. The van der Waals surface area contributed by atoms with Crippen LogP contribution < -0.4 is 10.6 Å². The number of carbonyl (C=O) groups is 1. The van der Waals surface area contributed by atoms with Gasteiger partial charge in [0.15, 0.2) is 0 Å². The first-order chi connectivity index (χ1) is 7.53. The van der Waals surface area contributed by atoms with E-state index in [9.17, 15) is 4.79 Å². The van der Waals surface area contributed by atoms with E-state index >= 15 is 0 Å². The van der Waals surface area contributed by atoms with Gasteiger partial charge in [0.2, 0.25) is 0 Å². The number of fused-ring (bicyclic) bond motifs is 2. The van der Waals surface area contributed by atoms with Crippen molar-refractivity contribution in [1.29, 1.82) is 0 Å². The molecule has 2 fully saturated rings. The fourth-order valence-electron chi connectivity index (χ4n) is 2.52. The number of nitrogens with one attached hydrogen (secondary N) is 2. The number of urea groups is 1. The van der Waals surface area contributed by atoms with E-state index in [1.54, 1.807) is 0 Å². The van der Waals surface area contributed by atoms with Crippen LogP contribution in [0.25, 0.3) is 0 Å². The van der Waals surface area contributed by atoms with Crippen molar-refractivity contribution in [3.63, 3.8) is 0 Å². The lowest BCUT2D eigenvalue weighted by molar-refractivity contribution is -0.0877. The van der Waals surface area contributed by atoms with Gasteiger partial charge in [-0.15, -0.1) is 0 Å². The molecule has 16 heavy (non-hydrogen) atoms. The summed E-state index contributed by atoms with van der Waals surface area (Å²) in [5.41, 5.74) is -0.208. The Morgan fingerprint density at radius 3 is 3.00 bits per heavy atom. The van der Waals surface area contributed by atoms with E-state index in [1.165, 1.54) is 0 Å². The van der Waals surface area contributed by atoms with Crippen molar-refractivity contribution in [2.24, 2.45) is 0 Å². The molecule has 2 rings (SSSR count). The second-order valence-electron chi connectivity index (χ2n) is 5.27. The molecule has 0 saturated carbocycles. The summed E-state index contributed by atoms with van der Waals surface area (Å²) in [5.74, 6) is 0. The van der Waals surface area contributed by atoms with Crippen LogP contribution in [0.1, 0.15) is 20.8 Å². The first-order valence-electron chi connectivity index (χ1n) is 5.91. The molecule has 2 N–H and O–H groups in total. The van der Waals surface area contributed by atoms with Crippen molar-refractivity contribution < 1.29 is 9.53 Å². The number of morpholine rings is 1. The molecule has 0 aromatic heterocycles. The highest BCUT2D eigenvalue weighted by atomic mass is 16.5. The average molecular weight is 227 g/mol. The quantitative estimate of drug-likeness (QED) is 0.671. The molecule has 2 heterocycles. The van der Waals surface area contributed by atoms with Gasteiger partial charge in [-0.05, 0) is 20.8 Å². The van der Waals surface area contributed by atoms with E-state index < -0.39 is 0 Å². The first kappa shape index (κ1) is 11.7. The second-order valence-corrected chi connectivity index (χ2v) is 5.27. The van der Waals surface area contributed by atoms with Gasteiger partial charge in [-0.3, -0.25) is 0 Å². The Morgan fingerprint density at radius 1 is 1.62 bits per heavy atom. The van der Waals surface area contributed by atoms with E-state index in [4.69, 9.17) is 4.74 Å². The van der Waals surface area contributed by atoms with Crippen LogP contribution >= 0.6 is 0 Å². The molecule has 2 aliphatic heterocycles. The maximum atomic E-state index is 12.2. The topological polar surface area (TPSA) is 53.6 Å². The Kier molecular flexibility index (Phi) is 3.08. The van der Waals surface area contributed by atoms with Crippen LogP contribution in [0, 0.1) is 0 Å². The predicted molar refractivity (Wildman–Crippen MR) is 61.4 cm³/mol. The third-order valence-corrected chi connectivity index (χ3v) is 3.19. The summed E-state index contributed by atoms with van der Waals surface area (Å²) < 4.78 is 5.56. The van der Waals surface area contributed by atoms with Crippen molar-refractivity contribution in [3.8, 4) is 0 Å². The lowest BCUT2D eigenvalue weighted by Crippen LogP contribution is -2.73. The minimum absolute atomic E-state index is 0.0345. The van der Waals surface area contributed by atoms with Gasteiger partial charge in [-0.2, -0.15) is 0 Å². The van der Waals surface area contributed by atoms with Crippen molar-refractivity contribution in [3.05, 3.63) is 0 Å². The van der Waals surface area contributed by atoms with Gasteiger partial charge in [-0.25, -0.2) is 4.79 Å². The smallest absolute Gasteiger partial charge is 0.318 e. The Morgan fingerprint density at radius 2 is 2.38 bits per heavy atom. The Hall–Kier alpha value is -0.810. The van der Waals surface area contributed by atoms with Crippen LogP contribution in [0.4, 0.5) is 4.79 Å². The molecule has 0 aliphatic carbocycles. The van der Waals surface area contributed by atoms with Gasteiger partial charge in [0.25, 0.3) is 0 Å². The minimum Gasteiger partial charge on any atom is -0.377 e. The zero-order chi connectivity index (χ0) is 11.8. The van der Waals surface area contributed by atoms with Crippen LogP contribution in [0.3, 0.4) is 0 Å². The van der Waals surface area contributed by atoms with E-state index in [-0.39, 0.29) is 23.7 Å². The average Bonchev–Trinajstić information content (AvgIpc) is 2.14. The first-order valence-corrected chi connectivity index (χ1v) is 5.91. The largest absolute Gasteiger partial charge is 0.377 e. The Bertz CT molecular complexity index is 270. The highest BCUT2D eigenvalue weighted by Gasteiger charge is 2.46. The van der Waals surface area contributed by atoms with Crippen LogP contribution in [-0.4, -0.2) is 54.9 Å². The second kappa shape index (κ2) is 4.22. The van der Waals surface area contributed by atoms with Crippen molar-refractivity contribution in [1.82, 2.24) is 15.5 Å². The highest BCUT2D eigenvalue weighted by Crippen LogP contribution is 2.26. The van der Waals surface area contributed by atoms with E-state index in [2.05, 4.69) is 17.6 Å². The number of hydrogen-bond donors (Lipinski definition) is 2. The van der Waals surface area contributed by atoms with E-state index in [0.717, 1.165) is 13.1 Å². The van der Waals surface area contributed by atoms with E-state index in [1.807, 2.05) is 18.7 Å². The van der Waals surface area contributed by atoms with Crippen LogP contribution in [0.15, 0.2) is 0 Å². The third-order valence-electron chi connectivity index (χ3n) is 3.19. The number of nitrogens with zero attached hydrogens (tertiary/aromatic N) is 1. The summed E-state index contributed by atoms with van der Waals surface area (Å²) >= 11 is 0. The molecule has 2 bridgehead atoms. The lowest BCUT2D eigenvalue weighted by Gasteiger charge is -2.52. The number of rotatable bonds is 1. The minimum atomic E-state index is -0.208. The zero-order valence-corrected chi connectivity index (χ0v) is 10.2. The molecular weight excluding hydrogens is 206 g/mol. The summed E-state index contributed by atoms with van der Waals surface area (Å²) in [5, 5.41) is 6.33. The van der Waals surface area contributed by atoms with Crippen molar-refractivity contribution in [2.75, 3.05) is 26.3 Å². The maximum Gasteiger partial charge on any atom is 0.318 e. The molecule has 5 heteroatoms. The fourth-order valence-corrected chi connectivity index (χ4v) is 2.52. The number of carbonyl (C=O) groups excluding carboxylic acids is 1. The molecule has 0 aromatic rings. The monoisotopic (exact) mass is 227 g/mol. The summed E-state index contributed by atoms with van der Waals surface area (Å²) in [6.45, 7) is 8.90. The summed E-state index contributed by atoms with van der Waals surface area (Å²) in [7, 11) is 0. The summed E-state index contributed by atoms with van der Waals surface area (Å²) in [6.07, 6.45) is 0. The fraction of sp³-hybridized carbons (Fsp3) is 0.909. The molecule has 5 nitrogen and oxygen atoms in total. The van der Waals surface area contributed by atoms with Crippen molar-refractivity contribution >= 4 is 6.03 Å². The van der Waals surface area contributed by atoms with Gasteiger partial charge >= 0.3 is 6.03 Å². The SMILES string of the molecule is CC(C)NC(=O)N1C2CNCC1(C)COC2. The number of piperazine rings is 1. The highest BCUT2D eigenvalue weighted by molar-refractivity contribution is 5.76. The van der Waals surface area contributed by atoms with Crippen LogP contribution in [-0.2, 0) is 4.74 Å². The molecule has 2 saturated heterocycles. The zero-order valence-electron chi connectivity index (χ0n) is 10.2. The number of hydrogen-bond acceptors (Lipinski definition) is 3. The molecule has 2 aliphatic rings. The van der Waals surface area contributed by atoms with Crippen LogP contribution in [0.2, 0.25) is 0 Å². The molecule has 92 valence electrons. The van der Waals surface area contributed by atoms with Crippen molar-refractivity contribution in [2.45, 2.75) is 38.4 Å². The summed E-state index contributed by atoms with van der Waals surface area (Å²) in [6, 6.07) is 0.367. The number of amides is 2. The van der Waals surface area contributed by atoms with Gasteiger partial charge in [0, 0.05) is 19.1 Å². The normalized spacial score (nSPS) is 34.0. The van der Waals surface area contributed by atoms with E-state index in [0.29, 0.717) is 13.2 Å². The Labute approximate surface area is 96.5 Å². The number of ether oxygens (including phenoxy) is 1. The molecule has 2 atom stereocenters. The van der Waals surface area contributed by atoms with Crippen LogP contribution in [0.5, 0.6) is 0 Å². The molecule has 0 radical (unpaired) electrons. The van der Waals surface area contributed by atoms with Gasteiger partial charge < -0.3 is 20.3 Å². The summed E-state index contributed by atoms with van der Waals surface area (Å²) in [4.78, 5) is 14.1. The van der Waals surface area contributed by atoms with Gasteiger partial charge in [0.1, 0.15) is 0 Å². The Balaban J connectivity index is 2.14. The predicted octanol–water partition coefficient (Wildman–Crippen LogP) is 0.167.